The number of rotatable bonds is 9. The van der Waals surface area contributed by atoms with Crippen molar-refractivity contribution in [3.63, 3.8) is 0 Å². The third kappa shape index (κ3) is 6.27. The van der Waals surface area contributed by atoms with Crippen LogP contribution in [0.15, 0.2) is 48.8 Å². The van der Waals surface area contributed by atoms with Crippen LogP contribution in [0, 0.1) is 11.7 Å². The number of halogens is 2. The number of aromatic amines is 1. The van der Waals surface area contributed by atoms with Crippen molar-refractivity contribution in [3.8, 4) is 17.2 Å². The normalized spacial score (nSPS) is 18.4. The van der Waals surface area contributed by atoms with Gasteiger partial charge in [0.05, 0.1) is 19.2 Å². The molecule has 10 heteroatoms. The molecule has 3 aromatic rings. The zero-order chi connectivity index (χ0) is 24.0. The predicted molar refractivity (Wildman–Crippen MR) is 134 cm³/mol. The maximum atomic E-state index is 14.6. The Hall–Kier alpha value is -3.30. The molecule has 0 saturated carbocycles. The largest absolute Gasteiger partial charge is 0.493 e. The molecule has 0 radical (unpaired) electrons. The van der Waals surface area contributed by atoms with Crippen LogP contribution in [0.3, 0.4) is 0 Å². The first-order chi connectivity index (χ1) is 17.2. The summed E-state index contributed by atoms with van der Waals surface area (Å²) in [6.45, 7) is 2.90. The number of benzene rings is 2. The van der Waals surface area contributed by atoms with Crippen molar-refractivity contribution in [2.75, 3.05) is 33.0 Å². The van der Waals surface area contributed by atoms with E-state index in [-0.39, 0.29) is 49.2 Å². The fraction of sp³-hybridized carbons (Fsp3) is 0.385. The molecule has 0 bridgehead atoms. The lowest BCUT2D eigenvalue weighted by atomic mass is 9.81. The van der Waals surface area contributed by atoms with Crippen molar-refractivity contribution < 1.29 is 23.4 Å². The van der Waals surface area contributed by atoms with Gasteiger partial charge in [0.25, 0.3) is 0 Å². The molecule has 0 spiro atoms. The number of aromatic nitrogens is 2. The lowest BCUT2D eigenvalue weighted by molar-refractivity contribution is -0.120. The molecule has 0 unspecified atom stereocenters. The van der Waals surface area contributed by atoms with Crippen LogP contribution in [0.4, 0.5) is 4.39 Å². The second-order valence-electron chi connectivity index (χ2n) is 8.92. The number of amides is 1. The van der Waals surface area contributed by atoms with E-state index in [0.29, 0.717) is 30.9 Å². The lowest BCUT2D eigenvalue weighted by Gasteiger charge is -2.32. The molecule has 1 fully saturated rings. The van der Waals surface area contributed by atoms with Crippen molar-refractivity contribution >= 4 is 18.3 Å². The van der Waals surface area contributed by atoms with Gasteiger partial charge in [-0.05, 0) is 60.2 Å². The molecule has 3 N–H and O–H groups in total. The number of carbonyl (C=O) groups excluding carboxylic acids is 1. The number of hydrogen-bond acceptors (Lipinski definition) is 6. The fourth-order valence-corrected chi connectivity index (χ4v) is 4.66. The number of nitrogens with one attached hydrogen (secondary N) is 3. The molecule has 2 aliphatic heterocycles. The van der Waals surface area contributed by atoms with Crippen LogP contribution in [0.2, 0.25) is 0 Å². The number of fused-ring (bicyclic) bond motifs is 1. The van der Waals surface area contributed by atoms with Crippen molar-refractivity contribution in [2.45, 2.75) is 25.2 Å². The molecule has 1 amide bonds. The predicted octanol–water partition coefficient (Wildman–Crippen LogP) is 3.37. The molecular weight excluding hydrogens is 487 g/mol. The minimum absolute atomic E-state index is 0. The summed E-state index contributed by atoms with van der Waals surface area (Å²) >= 11 is 0. The number of piperidine rings is 1. The SMILES string of the molecule is Cl.O=C(Cc1cc([C@@H]2CCNC[C@H]2COc2ccc3c(c2)OCO3)ccc1F)NCCc1cn[nH]c1. The highest BCUT2D eigenvalue weighted by Gasteiger charge is 2.28. The Balaban J connectivity index is 0.00000304. The van der Waals surface area contributed by atoms with Crippen LogP contribution >= 0.6 is 12.4 Å². The van der Waals surface area contributed by atoms with E-state index in [0.717, 1.165) is 42.1 Å². The highest BCUT2D eigenvalue weighted by atomic mass is 35.5. The van der Waals surface area contributed by atoms with Gasteiger partial charge in [0.2, 0.25) is 12.7 Å². The van der Waals surface area contributed by atoms with Crippen LogP contribution in [0.25, 0.3) is 0 Å². The van der Waals surface area contributed by atoms with Crippen molar-refractivity contribution in [3.05, 3.63) is 71.3 Å². The molecule has 36 heavy (non-hydrogen) atoms. The third-order valence-corrected chi connectivity index (χ3v) is 6.56. The summed E-state index contributed by atoms with van der Waals surface area (Å²) in [5.41, 5.74) is 2.46. The van der Waals surface area contributed by atoms with Crippen LogP contribution < -0.4 is 24.8 Å². The Morgan fingerprint density at radius 3 is 2.94 bits per heavy atom. The summed E-state index contributed by atoms with van der Waals surface area (Å²) in [4.78, 5) is 12.4. The summed E-state index contributed by atoms with van der Waals surface area (Å²) < 4.78 is 31.5. The number of ether oxygens (including phenoxy) is 3. The van der Waals surface area contributed by atoms with Gasteiger partial charge >= 0.3 is 0 Å². The highest BCUT2D eigenvalue weighted by molar-refractivity contribution is 5.85. The van der Waals surface area contributed by atoms with E-state index in [9.17, 15) is 9.18 Å². The zero-order valence-corrected chi connectivity index (χ0v) is 20.6. The van der Waals surface area contributed by atoms with Gasteiger partial charge in [-0.3, -0.25) is 9.89 Å². The molecule has 3 heterocycles. The smallest absolute Gasteiger partial charge is 0.231 e. The van der Waals surface area contributed by atoms with Gasteiger partial charge < -0.3 is 24.8 Å². The van der Waals surface area contributed by atoms with Gasteiger partial charge in [-0.15, -0.1) is 12.4 Å². The van der Waals surface area contributed by atoms with E-state index < -0.39 is 0 Å². The van der Waals surface area contributed by atoms with E-state index in [1.807, 2.05) is 30.3 Å². The maximum absolute atomic E-state index is 14.6. The quantitative estimate of drug-likeness (QED) is 0.403. The minimum Gasteiger partial charge on any atom is -0.493 e. The summed E-state index contributed by atoms with van der Waals surface area (Å²) in [5, 5.41) is 12.9. The molecule has 2 aromatic carbocycles. The minimum atomic E-state index is -0.360. The van der Waals surface area contributed by atoms with Gasteiger partial charge in [0.1, 0.15) is 11.6 Å². The molecule has 1 saturated heterocycles. The van der Waals surface area contributed by atoms with Crippen molar-refractivity contribution in [1.29, 1.82) is 0 Å². The van der Waals surface area contributed by atoms with Gasteiger partial charge in [0, 0.05) is 31.3 Å². The van der Waals surface area contributed by atoms with Gasteiger partial charge in [0.15, 0.2) is 11.5 Å². The Labute approximate surface area is 215 Å². The monoisotopic (exact) mass is 516 g/mol. The van der Waals surface area contributed by atoms with Gasteiger partial charge in [-0.1, -0.05) is 12.1 Å². The topological polar surface area (TPSA) is 97.5 Å². The summed E-state index contributed by atoms with van der Waals surface area (Å²) in [6.07, 6.45) is 5.11. The lowest BCUT2D eigenvalue weighted by Crippen LogP contribution is -2.38. The molecule has 2 atom stereocenters. The number of nitrogens with zero attached hydrogens (tertiary/aromatic N) is 1. The average molecular weight is 517 g/mol. The first kappa shape index (κ1) is 25.8. The van der Waals surface area contributed by atoms with E-state index in [1.54, 1.807) is 12.4 Å². The van der Waals surface area contributed by atoms with Crippen molar-refractivity contribution in [1.82, 2.24) is 20.8 Å². The van der Waals surface area contributed by atoms with Gasteiger partial charge in [-0.2, -0.15) is 5.10 Å². The van der Waals surface area contributed by atoms with E-state index >= 15 is 0 Å². The highest BCUT2D eigenvalue weighted by Crippen LogP contribution is 2.36. The van der Waals surface area contributed by atoms with Crippen molar-refractivity contribution in [2.24, 2.45) is 5.92 Å². The van der Waals surface area contributed by atoms with Crippen LogP contribution in [0.1, 0.15) is 29.0 Å². The van der Waals surface area contributed by atoms with Gasteiger partial charge in [-0.25, -0.2) is 4.39 Å². The molecule has 2 aliphatic rings. The Kier molecular flexibility index (Phi) is 8.66. The molecule has 0 aliphatic carbocycles. The molecule has 1 aromatic heterocycles. The van der Waals surface area contributed by atoms with E-state index in [4.69, 9.17) is 14.2 Å². The Morgan fingerprint density at radius 1 is 1.19 bits per heavy atom. The van der Waals surface area contributed by atoms with Crippen LogP contribution in [-0.4, -0.2) is 49.1 Å². The third-order valence-electron chi connectivity index (χ3n) is 6.56. The average Bonchev–Trinajstić information content (AvgIpc) is 3.56. The summed E-state index contributed by atoms with van der Waals surface area (Å²) in [6, 6.07) is 10.7. The Morgan fingerprint density at radius 2 is 2.08 bits per heavy atom. The Bertz CT molecular complexity index is 1160. The summed E-state index contributed by atoms with van der Waals surface area (Å²) in [5.74, 6) is 1.99. The standard InChI is InChI=1S/C26H29FN4O4.ClH/c27-23-3-1-18(9-19(23)10-26(32)29-8-5-17-12-30-31-13-17)22-6-7-28-14-20(22)15-33-21-2-4-24-25(11-21)35-16-34-24;/h1-4,9,11-13,20,22,28H,5-8,10,14-16H2,(H,29,32)(H,30,31);1H/t20-,22-;/m0./s1. The van der Waals surface area contributed by atoms with E-state index in [1.165, 1.54) is 6.07 Å². The maximum Gasteiger partial charge on any atom is 0.231 e. The van der Waals surface area contributed by atoms with Crippen LogP contribution in [0.5, 0.6) is 17.2 Å². The second-order valence-corrected chi connectivity index (χ2v) is 8.92. The summed E-state index contributed by atoms with van der Waals surface area (Å²) in [7, 11) is 0. The van der Waals surface area contributed by atoms with E-state index in [2.05, 4.69) is 20.8 Å². The molecule has 192 valence electrons. The first-order valence-corrected chi connectivity index (χ1v) is 11.9. The number of carbonyl (C=O) groups is 1. The molecule has 8 nitrogen and oxygen atoms in total. The second kappa shape index (κ2) is 12.1. The fourth-order valence-electron chi connectivity index (χ4n) is 4.66. The number of hydrogen-bond donors (Lipinski definition) is 3. The molecular formula is C26H30ClFN4O4. The first-order valence-electron chi connectivity index (χ1n) is 11.9. The number of H-pyrrole nitrogens is 1. The molecule has 5 rings (SSSR count). The zero-order valence-electron chi connectivity index (χ0n) is 19.8. The van der Waals surface area contributed by atoms with Crippen LogP contribution in [-0.2, 0) is 17.6 Å².